The second kappa shape index (κ2) is 9.65. The summed E-state index contributed by atoms with van der Waals surface area (Å²) in [5, 5.41) is 15.1. The lowest BCUT2D eigenvalue weighted by Gasteiger charge is -2.07. The fraction of sp³-hybridized carbons (Fsp3) is 0.692. The molecule has 0 bridgehead atoms. The monoisotopic (exact) mass is 252 g/mol. The molecule has 0 aromatic carbocycles. The molecule has 0 aliphatic rings. The van der Waals surface area contributed by atoms with Crippen LogP contribution in [-0.2, 0) is 0 Å². The lowest BCUT2D eigenvalue weighted by molar-refractivity contribution is 0.283. The maximum Gasteiger partial charge on any atom is 0.146 e. The summed E-state index contributed by atoms with van der Waals surface area (Å²) in [4.78, 5) is 8.56. The first-order valence-corrected chi connectivity index (χ1v) is 6.77. The second-order valence-electron chi connectivity index (χ2n) is 4.28. The topological polar surface area (TPSA) is 70.1 Å². The third kappa shape index (κ3) is 6.39. The largest absolute Gasteiger partial charge is 0.396 e. The van der Waals surface area contributed by atoms with Crippen molar-refractivity contribution in [3.8, 4) is 0 Å². The highest BCUT2D eigenvalue weighted by Gasteiger charge is 1.97. The standard InChI is InChI=1S/C13H24N4O/c1-2-7-15-12-10-14-11-13(17-12)16-8-5-3-4-6-9-18/h10-11,18H,2-9H2,1H3,(H2,15,16,17). The zero-order valence-electron chi connectivity index (χ0n) is 11.2. The Labute approximate surface area is 109 Å². The molecule has 1 aromatic heterocycles. The first-order valence-electron chi connectivity index (χ1n) is 6.77. The fourth-order valence-electron chi connectivity index (χ4n) is 1.60. The summed E-state index contributed by atoms with van der Waals surface area (Å²) in [5.41, 5.74) is 0. The number of unbranched alkanes of at least 4 members (excludes halogenated alkanes) is 3. The molecular formula is C13H24N4O. The fourth-order valence-corrected chi connectivity index (χ4v) is 1.60. The smallest absolute Gasteiger partial charge is 0.146 e. The van der Waals surface area contributed by atoms with Crippen molar-refractivity contribution >= 4 is 11.6 Å². The van der Waals surface area contributed by atoms with Gasteiger partial charge in [-0.15, -0.1) is 0 Å². The Bertz CT molecular complexity index is 320. The predicted octanol–water partition coefficient (Wildman–Crippen LogP) is 2.26. The van der Waals surface area contributed by atoms with Crippen molar-refractivity contribution in [2.75, 3.05) is 30.3 Å². The number of aliphatic hydroxyl groups excluding tert-OH is 1. The summed E-state index contributed by atoms with van der Waals surface area (Å²) in [7, 11) is 0. The molecule has 0 fully saturated rings. The van der Waals surface area contributed by atoms with Crippen LogP contribution in [0.2, 0.25) is 0 Å². The van der Waals surface area contributed by atoms with Crippen molar-refractivity contribution in [3.63, 3.8) is 0 Å². The Morgan fingerprint density at radius 2 is 1.67 bits per heavy atom. The average Bonchev–Trinajstić information content (AvgIpc) is 2.41. The van der Waals surface area contributed by atoms with Crippen LogP contribution in [0, 0.1) is 0 Å². The summed E-state index contributed by atoms with van der Waals surface area (Å²) >= 11 is 0. The van der Waals surface area contributed by atoms with E-state index >= 15 is 0 Å². The van der Waals surface area contributed by atoms with E-state index in [0.717, 1.165) is 56.8 Å². The van der Waals surface area contributed by atoms with Gasteiger partial charge in [0.2, 0.25) is 0 Å². The van der Waals surface area contributed by atoms with Gasteiger partial charge in [-0.1, -0.05) is 19.8 Å². The maximum absolute atomic E-state index is 8.66. The van der Waals surface area contributed by atoms with E-state index in [4.69, 9.17) is 5.11 Å². The van der Waals surface area contributed by atoms with Crippen LogP contribution in [0.1, 0.15) is 39.0 Å². The summed E-state index contributed by atoms with van der Waals surface area (Å²) in [6.07, 6.45) is 8.76. The Balaban J connectivity index is 2.20. The molecule has 1 aromatic rings. The first-order chi connectivity index (χ1) is 8.86. The molecule has 0 aliphatic heterocycles. The number of anilines is 2. The van der Waals surface area contributed by atoms with Crippen LogP contribution >= 0.6 is 0 Å². The van der Waals surface area contributed by atoms with Crippen LogP contribution in [0.5, 0.6) is 0 Å². The summed E-state index contributed by atoms with van der Waals surface area (Å²) in [6, 6.07) is 0. The second-order valence-corrected chi connectivity index (χ2v) is 4.28. The first kappa shape index (κ1) is 14.7. The molecule has 5 nitrogen and oxygen atoms in total. The zero-order chi connectivity index (χ0) is 13.1. The van der Waals surface area contributed by atoms with Crippen LogP contribution in [-0.4, -0.2) is 34.8 Å². The molecule has 0 amide bonds. The lowest BCUT2D eigenvalue weighted by Crippen LogP contribution is -2.07. The van der Waals surface area contributed by atoms with Crippen LogP contribution in [0.4, 0.5) is 11.6 Å². The molecule has 1 heterocycles. The quantitative estimate of drug-likeness (QED) is 0.557. The molecule has 0 atom stereocenters. The Morgan fingerprint density at radius 3 is 2.33 bits per heavy atom. The van der Waals surface area contributed by atoms with Gasteiger partial charge in [-0.3, -0.25) is 4.98 Å². The average molecular weight is 252 g/mol. The highest BCUT2D eigenvalue weighted by Crippen LogP contribution is 2.07. The summed E-state index contributed by atoms with van der Waals surface area (Å²) in [6.45, 7) is 4.23. The normalized spacial score (nSPS) is 10.3. The third-order valence-corrected chi connectivity index (χ3v) is 2.58. The molecule has 0 saturated carbocycles. The molecule has 5 heteroatoms. The number of nitrogens with one attached hydrogen (secondary N) is 2. The molecular weight excluding hydrogens is 228 g/mol. The van der Waals surface area contributed by atoms with E-state index in [-0.39, 0.29) is 0 Å². The van der Waals surface area contributed by atoms with Gasteiger partial charge >= 0.3 is 0 Å². The van der Waals surface area contributed by atoms with Gasteiger partial charge in [0.1, 0.15) is 11.6 Å². The minimum atomic E-state index is 0.296. The van der Waals surface area contributed by atoms with Gasteiger partial charge in [0.25, 0.3) is 0 Å². The molecule has 1 rings (SSSR count). The van der Waals surface area contributed by atoms with Crippen LogP contribution < -0.4 is 10.6 Å². The van der Waals surface area contributed by atoms with Gasteiger partial charge in [-0.05, 0) is 19.3 Å². The Kier molecular flexibility index (Phi) is 7.88. The summed E-state index contributed by atoms with van der Waals surface area (Å²) in [5.74, 6) is 1.64. The number of hydrogen-bond donors (Lipinski definition) is 3. The van der Waals surface area contributed by atoms with Gasteiger partial charge in [-0.25, -0.2) is 4.98 Å². The highest BCUT2D eigenvalue weighted by atomic mass is 16.2. The van der Waals surface area contributed by atoms with Crippen molar-refractivity contribution in [2.45, 2.75) is 39.0 Å². The van der Waals surface area contributed by atoms with Crippen molar-refractivity contribution in [1.82, 2.24) is 9.97 Å². The van der Waals surface area contributed by atoms with E-state index in [9.17, 15) is 0 Å². The van der Waals surface area contributed by atoms with Crippen LogP contribution in [0.25, 0.3) is 0 Å². The van der Waals surface area contributed by atoms with Crippen molar-refractivity contribution < 1.29 is 5.11 Å². The number of aromatic nitrogens is 2. The van der Waals surface area contributed by atoms with E-state index < -0.39 is 0 Å². The van der Waals surface area contributed by atoms with Gasteiger partial charge in [0.15, 0.2) is 0 Å². The predicted molar refractivity (Wildman–Crippen MR) is 74.9 cm³/mol. The lowest BCUT2D eigenvalue weighted by atomic mass is 10.2. The molecule has 0 unspecified atom stereocenters. The van der Waals surface area contributed by atoms with Crippen molar-refractivity contribution in [2.24, 2.45) is 0 Å². The molecule has 0 aliphatic carbocycles. The molecule has 3 N–H and O–H groups in total. The molecule has 18 heavy (non-hydrogen) atoms. The number of nitrogens with zero attached hydrogens (tertiary/aromatic N) is 2. The SMILES string of the molecule is CCCNc1cncc(NCCCCCCO)n1. The minimum absolute atomic E-state index is 0.296. The van der Waals surface area contributed by atoms with Gasteiger partial charge < -0.3 is 15.7 Å². The van der Waals surface area contributed by atoms with E-state index in [1.54, 1.807) is 12.4 Å². The molecule has 0 radical (unpaired) electrons. The maximum atomic E-state index is 8.66. The Morgan fingerprint density at radius 1 is 1.00 bits per heavy atom. The molecule has 102 valence electrons. The molecule has 0 spiro atoms. The van der Waals surface area contributed by atoms with Crippen LogP contribution in [0.15, 0.2) is 12.4 Å². The minimum Gasteiger partial charge on any atom is -0.396 e. The van der Waals surface area contributed by atoms with E-state index in [2.05, 4.69) is 27.5 Å². The van der Waals surface area contributed by atoms with Gasteiger partial charge in [-0.2, -0.15) is 0 Å². The number of aliphatic hydroxyl groups is 1. The molecule has 0 saturated heterocycles. The highest BCUT2D eigenvalue weighted by molar-refractivity contribution is 5.41. The van der Waals surface area contributed by atoms with E-state index in [0.29, 0.717) is 6.61 Å². The van der Waals surface area contributed by atoms with Gasteiger partial charge in [0, 0.05) is 19.7 Å². The van der Waals surface area contributed by atoms with E-state index in [1.807, 2.05) is 0 Å². The van der Waals surface area contributed by atoms with Gasteiger partial charge in [0.05, 0.1) is 12.4 Å². The van der Waals surface area contributed by atoms with Crippen molar-refractivity contribution in [3.05, 3.63) is 12.4 Å². The summed E-state index contributed by atoms with van der Waals surface area (Å²) < 4.78 is 0. The van der Waals surface area contributed by atoms with Crippen molar-refractivity contribution in [1.29, 1.82) is 0 Å². The number of rotatable bonds is 10. The van der Waals surface area contributed by atoms with Crippen LogP contribution in [0.3, 0.4) is 0 Å². The Hall–Kier alpha value is -1.36. The number of hydrogen-bond acceptors (Lipinski definition) is 5. The third-order valence-electron chi connectivity index (χ3n) is 2.58. The van der Waals surface area contributed by atoms with E-state index in [1.165, 1.54) is 0 Å². The zero-order valence-corrected chi connectivity index (χ0v) is 11.2.